The average Bonchev–Trinajstić information content (AvgIpc) is 3.89. The van der Waals surface area contributed by atoms with E-state index in [1.165, 1.54) is 87.5 Å². The van der Waals surface area contributed by atoms with E-state index in [2.05, 4.69) is 261 Å². The summed E-state index contributed by atoms with van der Waals surface area (Å²) < 4.78 is 0. The van der Waals surface area contributed by atoms with E-state index in [-0.39, 0.29) is 58.9 Å². The molecule has 0 fully saturated rings. The van der Waals surface area contributed by atoms with E-state index < -0.39 is 8.07 Å². The summed E-state index contributed by atoms with van der Waals surface area (Å²) in [5, 5.41) is 5.35. The topological polar surface area (TPSA) is 0 Å². The first-order valence-corrected chi connectivity index (χ1v) is 22.7. The largest absolute Gasteiger partial charge is 4.00 e. The van der Waals surface area contributed by atoms with E-state index in [4.69, 9.17) is 0 Å². The molecule has 0 aromatic heterocycles. The first-order valence-electron chi connectivity index (χ1n) is 20.7. The molecule has 0 saturated heterocycles. The third-order valence-electron chi connectivity index (χ3n) is 11.8. The zero-order chi connectivity index (χ0) is 40.1. The predicted molar refractivity (Wildman–Crippen MR) is 258 cm³/mol. The maximum absolute atomic E-state index is 3.23. The van der Waals surface area contributed by atoms with Gasteiger partial charge in [-0.2, -0.15) is 12.1 Å². The smallest absolute Gasteiger partial charge is 1.00 e. The molecule has 64 heavy (non-hydrogen) atoms. The van der Waals surface area contributed by atoms with Crippen molar-refractivity contribution in [1.29, 1.82) is 0 Å². The molecule has 10 rings (SSSR count). The van der Waals surface area contributed by atoms with Gasteiger partial charge in [-0.15, -0.1) is 5.19 Å². The van der Waals surface area contributed by atoms with Crippen LogP contribution in [0.5, 0.6) is 0 Å². The van der Waals surface area contributed by atoms with Crippen LogP contribution in [0.4, 0.5) is 0 Å². The summed E-state index contributed by atoms with van der Waals surface area (Å²) in [5.74, 6) is 0. The van der Waals surface area contributed by atoms with Crippen molar-refractivity contribution in [2.24, 2.45) is 0 Å². The Kier molecular flexibility index (Phi) is 16.1. The van der Waals surface area contributed by atoms with Gasteiger partial charge in [0.1, 0.15) is 8.07 Å². The van der Waals surface area contributed by atoms with Crippen LogP contribution in [0.3, 0.4) is 0 Å². The fourth-order valence-electron chi connectivity index (χ4n) is 8.94. The first-order chi connectivity index (χ1) is 29.7. The minimum Gasteiger partial charge on any atom is -1.00 e. The number of halogens is 3. The summed E-state index contributed by atoms with van der Waals surface area (Å²) in [7, 11) is -3.23. The van der Waals surface area contributed by atoms with Crippen LogP contribution in [-0.4, -0.2) is 8.07 Å². The predicted octanol–water partition coefficient (Wildman–Crippen LogP) is 3.79. The van der Waals surface area contributed by atoms with Gasteiger partial charge in [0.15, 0.2) is 0 Å². The summed E-state index contributed by atoms with van der Waals surface area (Å²) in [4.78, 5) is 0. The standard InChI is InChI=1S/C59H43Si.3ClH.Ti/c1-7-21-44(22-8-1)50-35-51(45-23-9-2-10-24-45)39-57(38-50)60(56-33-19-20-34-56,58-40-52(46-25-11-3-12-26-46)36-53(41-58)47-27-13-4-14-28-47)59-42-54(48-29-15-5-16-30-48)37-55(43-59)49-31-17-6-18-32-49;;;;/h1-43H;3*1H;/q-1;;;;+4/p-3. The van der Waals surface area contributed by atoms with E-state index in [1.54, 1.807) is 0 Å². The Morgan fingerprint density at radius 3 is 0.594 bits per heavy atom. The van der Waals surface area contributed by atoms with Gasteiger partial charge in [0, 0.05) is 0 Å². The average molecular weight is 934 g/mol. The Morgan fingerprint density at radius 1 is 0.219 bits per heavy atom. The van der Waals surface area contributed by atoms with Gasteiger partial charge in [-0.05, 0) is 85.0 Å². The molecule has 0 aliphatic carbocycles. The van der Waals surface area contributed by atoms with Gasteiger partial charge < -0.3 is 37.2 Å². The zero-order valence-corrected chi connectivity index (χ0v) is 39.8. The fourth-order valence-corrected chi connectivity index (χ4v) is 13.9. The molecule has 0 heterocycles. The molecule has 0 N–H and O–H groups in total. The first kappa shape index (κ1) is 47.6. The monoisotopic (exact) mass is 932 g/mol. The Morgan fingerprint density at radius 2 is 0.406 bits per heavy atom. The SMILES string of the molecule is [Cl-].[Cl-].[Cl-].[Ti+4].c1ccc(-c2cc(-c3ccccc3)cc([Si](c3cc(-c4ccccc4)cc(-c4ccccc4)c3)(c3cc(-c4ccccc4)cc(-c4ccccc4)c3)[c-]3cccc3)c2)cc1. The minimum atomic E-state index is -3.23. The molecule has 0 nitrogen and oxygen atoms in total. The van der Waals surface area contributed by atoms with E-state index in [1.807, 2.05) is 0 Å². The van der Waals surface area contributed by atoms with Crippen molar-refractivity contribution in [3.05, 3.63) is 261 Å². The molecule has 0 bridgehead atoms. The number of benzene rings is 9. The molecule has 5 heteroatoms. The molecule has 308 valence electrons. The van der Waals surface area contributed by atoms with Crippen LogP contribution in [0, 0.1) is 0 Å². The van der Waals surface area contributed by atoms with Crippen LogP contribution in [0.2, 0.25) is 0 Å². The van der Waals surface area contributed by atoms with Crippen molar-refractivity contribution < 1.29 is 58.9 Å². The maximum Gasteiger partial charge on any atom is 4.00 e. The molecule has 0 atom stereocenters. The zero-order valence-electron chi connectivity index (χ0n) is 35.0. The molecule has 0 aliphatic rings. The molecular formula is C59H43Cl3SiTi. The van der Waals surface area contributed by atoms with Crippen LogP contribution in [0.15, 0.2) is 261 Å². The number of rotatable bonds is 10. The summed E-state index contributed by atoms with van der Waals surface area (Å²) >= 11 is 0. The molecule has 0 spiro atoms. The van der Waals surface area contributed by atoms with Crippen LogP contribution in [0.25, 0.3) is 66.8 Å². The Balaban J connectivity index is 0.00000170. The van der Waals surface area contributed by atoms with Crippen molar-refractivity contribution in [1.82, 2.24) is 0 Å². The summed E-state index contributed by atoms with van der Waals surface area (Å²) in [6.07, 6.45) is 0. The molecule has 10 aromatic rings. The number of hydrogen-bond acceptors (Lipinski definition) is 0. The quantitative estimate of drug-likeness (QED) is 0.111. The second-order valence-electron chi connectivity index (χ2n) is 15.5. The Hall–Kier alpha value is -5.87. The van der Waals surface area contributed by atoms with Crippen LogP contribution >= 0.6 is 0 Å². The summed E-state index contributed by atoms with van der Waals surface area (Å²) in [6, 6.07) is 96.8. The van der Waals surface area contributed by atoms with Gasteiger partial charge in [-0.3, -0.25) is 0 Å². The van der Waals surface area contributed by atoms with Gasteiger partial charge >= 0.3 is 21.7 Å². The van der Waals surface area contributed by atoms with E-state index in [0.717, 1.165) is 0 Å². The Labute approximate surface area is 412 Å². The van der Waals surface area contributed by atoms with Crippen molar-refractivity contribution in [3.63, 3.8) is 0 Å². The van der Waals surface area contributed by atoms with Gasteiger partial charge in [0.2, 0.25) is 0 Å². The summed E-state index contributed by atoms with van der Waals surface area (Å²) in [5.41, 5.74) is 14.5. The molecule has 0 unspecified atom stereocenters. The van der Waals surface area contributed by atoms with E-state index >= 15 is 0 Å². The van der Waals surface area contributed by atoms with E-state index in [9.17, 15) is 0 Å². The van der Waals surface area contributed by atoms with E-state index in [0.29, 0.717) is 0 Å². The second kappa shape index (κ2) is 21.7. The van der Waals surface area contributed by atoms with Crippen LogP contribution < -0.4 is 58.0 Å². The summed E-state index contributed by atoms with van der Waals surface area (Å²) in [6.45, 7) is 0. The van der Waals surface area contributed by atoms with Gasteiger partial charge in [-0.25, -0.2) is 12.1 Å². The molecule has 0 saturated carbocycles. The minimum absolute atomic E-state index is 0. The van der Waals surface area contributed by atoms with Gasteiger partial charge in [-0.1, -0.05) is 234 Å². The molecule has 0 amide bonds. The van der Waals surface area contributed by atoms with Crippen molar-refractivity contribution in [2.45, 2.75) is 0 Å². The van der Waals surface area contributed by atoms with Crippen LogP contribution in [-0.2, 0) is 21.7 Å². The Bertz CT molecular complexity index is 2520. The molecule has 0 aliphatic heterocycles. The molecule has 10 aromatic carbocycles. The van der Waals surface area contributed by atoms with Crippen molar-refractivity contribution in [3.8, 4) is 66.8 Å². The number of hydrogen-bond donors (Lipinski definition) is 0. The third-order valence-corrected chi connectivity index (χ3v) is 16.5. The van der Waals surface area contributed by atoms with Gasteiger partial charge in [0.25, 0.3) is 0 Å². The van der Waals surface area contributed by atoms with Crippen molar-refractivity contribution in [2.75, 3.05) is 0 Å². The maximum atomic E-state index is 2.51. The van der Waals surface area contributed by atoms with Gasteiger partial charge in [0.05, 0.1) is 0 Å². The molecule has 0 radical (unpaired) electrons. The van der Waals surface area contributed by atoms with Crippen molar-refractivity contribution >= 4 is 28.8 Å². The second-order valence-corrected chi connectivity index (χ2v) is 19.3. The third kappa shape index (κ3) is 9.63. The van der Waals surface area contributed by atoms with Crippen LogP contribution in [0.1, 0.15) is 0 Å². The molecular weight excluding hydrogens is 891 g/mol. The normalized spacial score (nSPS) is 10.6. The fraction of sp³-hybridized carbons (Fsp3) is 0.